The fourth-order valence-corrected chi connectivity index (χ4v) is 4.85. The Morgan fingerprint density at radius 1 is 1.33 bits per heavy atom. The van der Waals surface area contributed by atoms with Gasteiger partial charge in [0, 0.05) is 22.3 Å². The maximum Gasteiger partial charge on any atom is 0.230 e. The lowest BCUT2D eigenvalue weighted by atomic mass is 9.92. The van der Waals surface area contributed by atoms with Gasteiger partial charge in [-0.25, -0.2) is 9.97 Å². The van der Waals surface area contributed by atoms with Crippen molar-refractivity contribution in [2.45, 2.75) is 56.6 Å². The van der Waals surface area contributed by atoms with Crippen molar-refractivity contribution in [3.8, 4) is 0 Å². The van der Waals surface area contributed by atoms with E-state index in [0.29, 0.717) is 11.8 Å². The van der Waals surface area contributed by atoms with Crippen molar-refractivity contribution in [2.75, 3.05) is 5.75 Å². The summed E-state index contributed by atoms with van der Waals surface area (Å²) in [6.07, 6.45) is 5.55. The molecule has 1 aliphatic rings. The molecule has 0 bridgehead atoms. The predicted molar refractivity (Wildman–Crippen MR) is 103 cm³/mol. The van der Waals surface area contributed by atoms with Crippen LogP contribution in [0.25, 0.3) is 10.2 Å². The number of carbonyl (C=O) groups is 1. The van der Waals surface area contributed by atoms with Gasteiger partial charge in [-0.1, -0.05) is 11.8 Å². The van der Waals surface area contributed by atoms with E-state index in [4.69, 9.17) is 5.73 Å². The molecule has 132 valence electrons. The van der Waals surface area contributed by atoms with Crippen molar-refractivity contribution >= 4 is 51.6 Å². The number of hydrogen-bond acceptors (Lipinski definition) is 6. The van der Waals surface area contributed by atoms with E-state index >= 15 is 0 Å². The number of halogens is 1. The summed E-state index contributed by atoms with van der Waals surface area (Å²) >= 11 is 3.17. The third kappa shape index (κ3) is 4.39. The predicted octanol–water partition coefficient (Wildman–Crippen LogP) is 3.21. The van der Waals surface area contributed by atoms with Crippen molar-refractivity contribution in [2.24, 2.45) is 5.73 Å². The molecule has 0 aliphatic heterocycles. The van der Waals surface area contributed by atoms with Gasteiger partial charge in [0.15, 0.2) is 0 Å². The number of amides is 1. The normalized spacial score (nSPS) is 20.6. The van der Waals surface area contributed by atoms with Gasteiger partial charge in [-0.3, -0.25) is 4.79 Å². The molecular weight excluding hydrogens is 364 g/mol. The van der Waals surface area contributed by atoms with Gasteiger partial charge in [0.1, 0.15) is 16.2 Å². The van der Waals surface area contributed by atoms with Crippen LogP contribution in [0.1, 0.15) is 36.1 Å². The second-order valence-corrected chi connectivity index (χ2v) is 8.28. The summed E-state index contributed by atoms with van der Waals surface area (Å²) in [6, 6.07) is 0.579. The molecule has 0 unspecified atom stereocenters. The Kier molecular flexibility index (Phi) is 6.86. The third-order valence-electron chi connectivity index (χ3n) is 4.41. The van der Waals surface area contributed by atoms with Crippen LogP contribution in [0.5, 0.6) is 0 Å². The number of fused-ring (bicyclic) bond motifs is 1. The highest BCUT2D eigenvalue weighted by Gasteiger charge is 2.20. The smallest absolute Gasteiger partial charge is 0.230 e. The van der Waals surface area contributed by atoms with E-state index in [1.807, 2.05) is 0 Å². The Balaban J connectivity index is 0.00000208. The molecule has 0 spiro atoms. The standard InChI is InChI=1S/C16H22N4OS2.ClH/c1-9-10(2)23-16-14(9)15(18-8-19-16)22-7-13(21)20-12-5-3-11(17)4-6-12;/h8,11-12H,3-7,17H2,1-2H3,(H,20,21);1H. The number of carbonyl (C=O) groups excluding carboxylic acids is 1. The fraction of sp³-hybridized carbons (Fsp3) is 0.562. The largest absolute Gasteiger partial charge is 0.353 e. The molecule has 0 atom stereocenters. The Morgan fingerprint density at radius 3 is 2.75 bits per heavy atom. The molecule has 3 N–H and O–H groups in total. The number of thiophene rings is 1. The van der Waals surface area contributed by atoms with Gasteiger partial charge >= 0.3 is 0 Å². The van der Waals surface area contributed by atoms with Crippen LogP contribution in [0.15, 0.2) is 11.4 Å². The van der Waals surface area contributed by atoms with Gasteiger partial charge in [-0.15, -0.1) is 23.7 Å². The Bertz CT molecular complexity index is 713. The summed E-state index contributed by atoms with van der Waals surface area (Å²) in [5, 5.41) is 5.12. The van der Waals surface area contributed by atoms with Crippen LogP contribution in [0, 0.1) is 13.8 Å². The number of rotatable bonds is 4. The molecular formula is C16H23ClN4OS2. The van der Waals surface area contributed by atoms with E-state index in [-0.39, 0.29) is 24.4 Å². The van der Waals surface area contributed by atoms with E-state index in [9.17, 15) is 4.79 Å². The van der Waals surface area contributed by atoms with E-state index < -0.39 is 0 Å². The highest BCUT2D eigenvalue weighted by Crippen LogP contribution is 2.34. The molecule has 0 radical (unpaired) electrons. The topological polar surface area (TPSA) is 80.9 Å². The highest BCUT2D eigenvalue weighted by molar-refractivity contribution is 8.00. The molecule has 2 aromatic heterocycles. The van der Waals surface area contributed by atoms with Crippen LogP contribution >= 0.6 is 35.5 Å². The summed E-state index contributed by atoms with van der Waals surface area (Å²) in [4.78, 5) is 23.1. The van der Waals surface area contributed by atoms with Crippen LogP contribution in [0.4, 0.5) is 0 Å². The van der Waals surface area contributed by atoms with Gasteiger partial charge in [0.25, 0.3) is 0 Å². The van der Waals surface area contributed by atoms with Crippen molar-refractivity contribution in [1.82, 2.24) is 15.3 Å². The molecule has 2 heterocycles. The minimum atomic E-state index is 0. The number of nitrogens with zero attached hydrogens (tertiary/aromatic N) is 2. The monoisotopic (exact) mass is 386 g/mol. The van der Waals surface area contributed by atoms with Gasteiger partial charge in [0.2, 0.25) is 5.91 Å². The molecule has 2 aromatic rings. The summed E-state index contributed by atoms with van der Waals surface area (Å²) in [5.41, 5.74) is 7.12. The van der Waals surface area contributed by atoms with E-state index in [1.54, 1.807) is 17.7 Å². The van der Waals surface area contributed by atoms with Gasteiger partial charge in [-0.2, -0.15) is 0 Å². The lowest BCUT2D eigenvalue weighted by Crippen LogP contribution is -2.41. The van der Waals surface area contributed by atoms with Gasteiger partial charge < -0.3 is 11.1 Å². The summed E-state index contributed by atoms with van der Waals surface area (Å²) < 4.78 is 0. The van der Waals surface area contributed by atoms with E-state index in [1.165, 1.54) is 22.2 Å². The SMILES string of the molecule is Cc1sc2ncnc(SCC(=O)NC3CCC(N)CC3)c2c1C.Cl. The first-order valence-electron chi connectivity index (χ1n) is 7.93. The molecule has 0 aromatic carbocycles. The Labute approximate surface area is 156 Å². The zero-order valence-corrected chi connectivity index (χ0v) is 16.3. The van der Waals surface area contributed by atoms with E-state index in [2.05, 4.69) is 29.1 Å². The first-order valence-corrected chi connectivity index (χ1v) is 9.73. The second-order valence-electron chi connectivity index (χ2n) is 6.11. The zero-order chi connectivity index (χ0) is 16.4. The maximum absolute atomic E-state index is 12.2. The van der Waals surface area contributed by atoms with Crippen LogP contribution in [0.2, 0.25) is 0 Å². The molecule has 24 heavy (non-hydrogen) atoms. The molecule has 0 saturated heterocycles. The molecule has 3 rings (SSSR count). The molecule has 1 saturated carbocycles. The average molecular weight is 387 g/mol. The van der Waals surface area contributed by atoms with Crippen LogP contribution in [0.3, 0.4) is 0 Å². The van der Waals surface area contributed by atoms with Crippen molar-refractivity contribution in [3.05, 3.63) is 16.8 Å². The lowest BCUT2D eigenvalue weighted by molar-refractivity contribution is -0.119. The average Bonchev–Trinajstić information content (AvgIpc) is 2.83. The molecule has 1 amide bonds. The van der Waals surface area contributed by atoms with Crippen LogP contribution in [-0.4, -0.2) is 33.7 Å². The van der Waals surface area contributed by atoms with E-state index in [0.717, 1.165) is 40.9 Å². The molecule has 1 fully saturated rings. The summed E-state index contributed by atoms with van der Waals surface area (Å²) in [7, 11) is 0. The van der Waals surface area contributed by atoms with Crippen molar-refractivity contribution in [1.29, 1.82) is 0 Å². The van der Waals surface area contributed by atoms with Crippen molar-refractivity contribution < 1.29 is 4.79 Å². The third-order valence-corrected chi connectivity index (χ3v) is 6.51. The highest BCUT2D eigenvalue weighted by atomic mass is 35.5. The quantitative estimate of drug-likeness (QED) is 0.622. The fourth-order valence-electron chi connectivity index (χ4n) is 2.93. The first kappa shape index (κ1) is 19.4. The molecule has 1 aliphatic carbocycles. The maximum atomic E-state index is 12.2. The molecule has 8 heteroatoms. The first-order chi connectivity index (χ1) is 11.0. The van der Waals surface area contributed by atoms with Gasteiger partial charge in [0.05, 0.1) is 5.75 Å². The van der Waals surface area contributed by atoms with Crippen LogP contribution in [-0.2, 0) is 4.79 Å². The zero-order valence-electron chi connectivity index (χ0n) is 13.9. The summed E-state index contributed by atoms with van der Waals surface area (Å²) in [5.74, 6) is 0.468. The Morgan fingerprint density at radius 2 is 2.04 bits per heavy atom. The Hall–Kier alpha value is -0.890. The number of hydrogen-bond donors (Lipinski definition) is 2. The van der Waals surface area contributed by atoms with Crippen molar-refractivity contribution in [3.63, 3.8) is 0 Å². The van der Waals surface area contributed by atoms with Gasteiger partial charge in [-0.05, 0) is 45.1 Å². The number of aromatic nitrogens is 2. The minimum Gasteiger partial charge on any atom is -0.353 e. The lowest BCUT2D eigenvalue weighted by Gasteiger charge is -2.26. The second kappa shape index (κ2) is 8.47. The van der Waals surface area contributed by atoms with Crippen LogP contribution < -0.4 is 11.1 Å². The number of thioether (sulfide) groups is 1. The molecule has 5 nitrogen and oxygen atoms in total. The summed E-state index contributed by atoms with van der Waals surface area (Å²) in [6.45, 7) is 4.18. The number of nitrogens with one attached hydrogen (secondary N) is 1. The number of nitrogens with two attached hydrogens (primary N) is 1. The minimum absolute atomic E-state index is 0. The number of aryl methyl sites for hydroxylation is 2.